The summed E-state index contributed by atoms with van der Waals surface area (Å²) in [5.74, 6) is 1.09. The summed E-state index contributed by atoms with van der Waals surface area (Å²) in [6.07, 6.45) is -0.762. The summed E-state index contributed by atoms with van der Waals surface area (Å²) in [4.78, 5) is 26.5. The Hall–Kier alpha value is -4.98. The van der Waals surface area contributed by atoms with Crippen LogP contribution in [0.3, 0.4) is 0 Å². The first-order valence-electron chi connectivity index (χ1n) is 11.6. The number of fused-ring (bicyclic) bond motifs is 1. The number of carbonyl (C=O) groups excluding carboxylic acids is 2. The molecule has 14 heteroatoms. The number of methoxy groups -OCH3 is 1. The number of rotatable bonds is 7. The van der Waals surface area contributed by atoms with Crippen molar-refractivity contribution in [3.05, 3.63) is 77.9 Å². The molecule has 0 aliphatic carbocycles. The van der Waals surface area contributed by atoms with Crippen LogP contribution in [0.5, 0.6) is 11.5 Å². The fourth-order valence-corrected chi connectivity index (χ4v) is 5.57. The second-order valence-corrected chi connectivity index (χ2v) is 10.3. The van der Waals surface area contributed by atoms with Crippen LogP contribution in [0.15, 0.2) is 71.6 Å². The smallest absolute Gasteiger partial charge is 0.412 e. The number of ether oxygens (including phenoxy) is 2. The standard InChI is InChI=1S/C25H23N7O6S/c1-31-21-12-11-20(38-24(33)26-14-16-5-9-19(37-2)10-6-16)13-22(21)39(35,36)32(25(31)34)15-17-3-7-18(8-4-17)23-27-29-30-28-23/h3-13H,14-15H2,1-2H3,(H,26,33)(H,27,28,29,30). The third kappa shape index (κ3) is 5.22. The molecule has 39 heavy (non-hydrogen) atoms. The van der Waals surface area contributed by atoms with Gasteiger partial charge in [0.15, 0.2) is 0 Å². The van der Waals surface area contributed by atoms with E-state index in [1.807, 2.05) is 0 Å². The third-order valence-electron chi connectivity index (χ3n) is 6.05. The van der Waals surface area contributed by atoms with Gasteiger partial charge >= 0.3 is 12.1 Å². The summed E-state index contributed by atoms with van der Waals surface area (Å²) in [7, 11) is -1.22. The molecule has 1 aliphatic rings. The molecule has 4 aromatic rings. The van der Waals surface area contributed by atoms with Crippen LogP contribution in [0, 0.1) is 0 Å². The first-order chi connectivity index (χ1) is 18.8. The van der Waals surface area contributed by atoms with E-state index in [4.69, 9.17) is 9.47 Å². The Morgan fingerprint density at radius 1 is 1.00 bits per heavy atom. The molecule has 0 fully saturated rings. The normalized spacial score (nSPS) is 14.1. The minimum absolute atomic E-state index is 0.0109. The molecule has 3 aromatic carbocycles. The van der Waals surface area contributed by atoms with E-state index < -0.39 is 22.1 Å². The van der Waals surface area contributed by atoms with E-state index in [2.05, 4.69) is 25.9 Å². The van der Waals surface area contributed by atoms with Gasteiger partial charge in [0.1, 0.15) is 16.4 Å². The second-order valence-electron chi connectivity index (χ2n) is 8.51. The summed E-state index contributed by atoms with van der Waals surface area (Å²) in [6, 6.07) is 17.3. The maximum absolute atomic E-state index is 13.5. The minimum Gasteiger partial charge on any atom is -0.497 e. The first-order valence-corrected chi connectivity index (χ1v) is 13.1. The Bertz CT molecular complexity index is 1610. The summed E-state index contributed by atoms with van der Waals surface area (Å²) >= 11 is 0. The molecule has 5 rings (SSSR count). The molecule has 0 radical (unpaired) electrons. The first kappa shape index (κ1) is 25.7. The Labute approximate surface area is 223 Å². The zero-order valence-electron chi connectivity index (χ0n) is 20.9. The van der Waals surface area contributed by atoms with E-state index in [1.165, 1.54) is 30.1 Å². The number of amides is 3. The minimum atomic E-state index is -4.26. The van der Waals surface area contributed by atoms with E-state index >= 15 is 0 Å². The van der Waals surface area contributed by atoms with Crippen molar-refractivity contribution in [3.8, 4) is 22.9 Å². The van der Waals surface area contributed by atoms with Crippen molar-refractivity contribution in [2.75, 3.05) is 19.1 Å². The molecule has 0 saturated heterocycles. The van der Waals surface area contributed by atoms with Crippen LogP contribution in [0.4, 0.5) is 15.3 Å². The van der Waals surface area contributed by atoms with E-state index in [-0.39, 0.29) is 29.4 Å². The molecule has 2 heterocycles. The second kappa shape index (κ2) is 10.4. The van der Waals surface area contributed by atoms with Gasteiger partial charge in [0.2, 0.25) is 5.82 Å². The van der Waals surface area contributed by atoms with Gasteiger partial charge < -0.3 is 14.8 Å². The Morgan fingerprint density at radius 3 is 2.36 bits per heavy atom. The van der Waals surface area contributed by atoms with Crippen LogP contribution in [-0.2, 0) is 23.1 Å². The number of carbonyl (C=O) groups is 2. The lowest BCUT2D eigenvalue weighted by atomic mass is 10.1. The largest absolute Gasteiger partial charge is 0.497 e. The van der Waals surface area contributed by atoms with Gasteiger partial charge in [-0.3, -0.25) is 4.90 Å². The van der Waals surface area contributed by atoms with Crippen molar-refractivity contribution in [3.63, 3.8) is 0 Å². The highest BCUT2D eigenvalue weighted by Crippen LogP contribution is 2.37. The highest BCUT2D eigenvalue weighted by Gasteiger charge is 2.40. The summed E-state index contributed by atoms with van der Waals surface area (Å²) in [5.41, 5.74) is 2.24. The number of hydrogen-bond donors (Lipinski definition) is 2. The van der Waals surface area contributed by atoms with Crippen molar-refractivity contribution in [1.29, 1.82) is 0 Å². The van der Waals surface area contributed by atoms with E-state index in [9.17, 15) is 18.0 Å². The average molecular weight is 550 g/mol. The number of urea groups is 1. The topological polar surface area (TPSA) is 160 Å². The number of benzene rings is 3. The number of aromatic nitrogens is 4. The van der Waals surface area contributed by atoms with Gasteiger partial charge in [-0.15, -0.1) is 10.2 Å². The molecule has 2 N–H and O–H groups in total. The predicted octanol–water partition coefficient (Wildman–Crippen LogP) is 2.92. The summed E-state index contributed by atoms with van der Waals surface area (Å²) < 4.78 is 38.2. The SMILES string of the molecule is COc1ccc(CNC(=O)Oc2ccc3c(c2)S(=O)(=O)N(Cc2ccc(-c4nn[nH]n4)cc2)C(=O)N3C)cc1. The maximum atomic E-state index is 13.5. The van der Waals surface area contributed by atoms with E-state index in [0.29, 0.717) is 22.7 Å². The highest BCUT2D eigenvalue weighted by molar-refractivity contribution is 7.90. The van der Waals surface area contributed by atoms with Gasteiger partial charge in [-0.2, -0.15) is 5.21 Å². The van der Waals surface area contributed by atoms with Crippen molar-refractivity contribution in [1.82, 2.24) is 30.2 Å². The number of H-pyrrole nitrogens is 1. The molecule has 200 valence electrons. The van der Waals surface area contributed by atoms with Gasteiger partial charge in [-0.05, 0) is 40.6 Å². The van der Waals surface area contributed by atoms with Crippen LogP contribution >= 0.6 is 0 Å². The molecule has 0 atom stereocenters. The molecule has 1 aromatic heterocycles. The van der Waals surface area contributed by atoms with Crippen molar-refractivity contribution >= 4 is 27.8 Å². The van der Waals surface area contributed by atoms with Gasteiger partial charge in [-0.1, -0.05) is 36.4 Å². The average Bonchev–Trinajstić information content (AvgIpc) is 3.49. The quantitative estimate of drug-likeness (QED) is 0.353. The van der Waals surface area contributed by atoms with Crippen molar-refractivity contribution < 1.29 is 27.5 Å². The number of hydrogen-bond acceptors (Lipinski definition) is 9. The van der Waals surface area contributed by atoms with Crippen LogP contribution in [0.2, 0.25) is 0 Å². The lowest BCUT2D eigenvalue weighted by Crippen LogP contribution is -2.48. The Morgan fingerprint density at radius 2 is 1.69 bits per heavy atom. The molecule has 0 saturated carbocycles. The number of nitrogens with zero attached hydrogens (tertiary/aromatic N) is 5. The number of anilines is 1. The van der Waals surface area contributed by atoms with E-state index in [0.717, 1.165) is 9.87 Å². The summed E-state index contributed by atoms with van der Waals surface area (Å²) in [6.45, 7) is -0.00645. The van der Waals surface area contributed by atoms with Crippen molar-refractivity contribution in [2.24, 2.45) is 0 Å². The van der Waals surface area contributed by atoms with Crippen LogP contribution in [-0.4, -0.2) is 59.6 Å². The van der Waals surface area contributed by atoms with Crippen LogP contribution < -0.4 is 19.7 Å². The fourth-order valence-electron chi connectivity index (χ4n) is 3.96. The lowest BCUT2D eigenvalue weighted by Gasteiger charge is -2.34. The molecule has 0 unspecified atom stereocenters. The Kier molecular flexibility index (Phi) is 6.85. The van der Waals surface area contributed by atoms with E-state index in [1.54, 1.807) is 55.6 Å². The monoisotopic (exact) mass is 549 g/mol. The Balaban J connectivity index is 1.31. The predicted molar refractivity (Wildman–Crippen MR) is 138 cm³/mol. The fraction of sp³-hybridized carbons (Fsp3) is 0.160. The zero-order chi connectivity index (χ0) is 27.6. The van der Waals surface area contributed by atoms with Crippen LogP contribution in [0.1, 0.15) is 11.1 Å². The molecule has 0 spiro atoms. The molecular formula is C25H23N7O6S. The molecule has 1 aliphatic heterocycles. The lowest BCUT2D eigenvalue weighted by molar-refractivity contribution is 0.199. The number of sulfonamides is 1. The maximum Gasteiger partial charge on any atom is 0.412 e. The zero-order valence-corrected chi connectivity index (χ0v) is 21.7. The van der Waals surface area contributed by atoms with Gasteiger partial charge in [-0.25, -0.2) is 22.3 Å². The summed E-state index contributed by atoms with van der Waals surface area (Å²) in [5, 5.41) is 16.3. The van der Waals surface area contributed by atoms with Gasteiger partial charge in [0.25, 0.3) is 10.0 Å². The molecule has 13 nitrogen and oxygen atoms in total. The highest BCUT2D eigenvalue weighted by atomic mass is 32.2. The van der Waals surface area contributed by atoms with Crippen LogP contribution in [0.25, 0.3) is 11.4 Å². The number of tetrazole rings is 1. The van der Waals surface area contributed by atoms with Crippen molar-refractivity contribution in [2.45, 2.75) is 18.0 Å². The van der Waals surface area contributed by atoms with Gasteiger partial charge in [0, 0.05) is 25.2 Å². The molecule has 0 bridgehead atoms. The van der Waals surface area contributed by atoms with Gasteiger partial charge in [0.05, 0.1) is 19.3 Å². The molecular weight excluding hydrogens is 526 g/mol. The molecule has 3 amide bonds. The number of aromatic amines is 1. The third-order valence-corrected chi connectivity index (χ3v) is 7.80. The number of nitrogens with one attached hydrogen (secondary N) is 2.